The maximum atomic E-state index is 5.58. The van der Waals surface area contributed by atoms with Gasteiger partial charge in [0, 0.05) is 6.07 Å². The molecule has 0 unspecified atom stereocenters. The summed E-state index contributed by atoms with van der Waals surface area (Å²) >= 11 is 0. The molecule has 1 fully saturated rings. The lowest BCUT2D eigenvalue weighted by molar-refractivity contribution is 1.10. The van der Waals surface area contributed by atoms with Crippen molar-refractivity contribution in [2.24, 2.45) is 0 Å². The van der Waals surface area contributed by atoms with Gasteiger partial charge in [0.15, 0.2) is 0 Å². The van der Waals surface area contributed by atoms with E-state index in [1.165, 1.54) is 24.0 Å². The van der Waals surface area contributed by atoms with Gasteiger partial charge in [0.05, 0.1) is 5.69 Å². The van der Waals surface area contributed by atoms with Crippen LogP contribution in [-0.4, -0.2) is 10.2 Å². The quantitative estimate of drug-likeness (QED) is 0.841. The van der Waals surface area contributed by atoms with Gasteiger partial charge in [-0.05, 0) is 36.0 Å². The zero-order chi connectivity index (χ0) is 10.3. The zero-order valence-corrected chi connectivity index (χ0v) is 9.63. The molecule has 0 radical (unpaired) electrons. The number of hydrogen-bond acceptors (Lipinski definition) is 2. The first-order valence-electron chi connectivity index (χ1n) is 5.24. The lowest BCUT2D eigenvalue weighted by Crippen LogP contribution is -1.82. The molecule has 2 aromatic rings. The fourth-order valence-electron chi connectivity index (χ4n) is 1.86. The van der Waals surface area contributed by atoms with Crippen LogP contribution in [0.2, 0.25) is 0 Å². The molecule has 3 nitrogen and oxygen atoms in total. The zero-order valence-electron chi connectivity index (χ0n) is 8.81. The SMILES string of the molecule is Cl.Nc1cc(-c2cccc(C3CC3)c2)[nH]n1. The summed E-state index contributed by atoms with van der Waals surface area (Å²) in [7, 11) is 0. The van der Waals surface area contributed by atoms with Gasteiger partial charge < -0.3 is 5.73 Å². The third-order valence-electron chi connectivity index (χ3n) is 2.84. The standard InChI is InChI=1S/C12H13N3.ClH/c13-12-7-11(14-15-12)10-3-1-2-9(6-10)8-4-5-8;/h1-3,6-8H,4-5H2,(H3,13,14,15);1H. The number of nitrogens with one attached hydrogen (secondary N) is 1. The van der Waals surface area contributed by atoms with Crippen LogP contribution in [0.15, 0.2) is 30.3 Å². The van der Waals surface area contributed by atoms with Crippen molar-refractivity contribution in [1.29, 1.82) is 0 Å². The topological polar surface area (TPSA) is 54.7 Å². The summed E-state index contributed by atoms with van der Waals surface area (Å²) in [5, 5.41) is 6.87. The molecule has 16 heavy (non-hydrogen) atoms. The lowest BCUT2D eigenvalue weighted by Gasteiger charge is -2.01. The molecule has 0 bridgehead atoms. The Kier molecular flexibility index (Phi) is 2.88. The summed E-state index contributed by atoms with van der Waals surface area (Å²) < 4.78 is 0. The van der Waals surface area contributed by atoms with Crippen LogP contribution in [0.3, 0.4) is 0 Å². The summed E-state index contributed by atoms with van der Waals surface area (Å²) in [6, 6.07) is 10.5. The molecule has 0 aliphatic heterocycles. The third-order valence-corrected chi connectivity index (χ3v) is 2.84. The number of nitrogens with zero attached hydrogens (tertiary/aromatic N) is 1. The van der Waals surface area contributed by atoms with E-state index in [0.717, 1.165) is 11.6 Å². The molecule has 3 rings (SSSR count). The van der Waals surface area contributed by atoms with Crippen molar-refractivity contribution >= 4 is 18.2 Å². The summed E-state index contributed by atoms with van der Waals surface area (Å²) in [6.45, 7) is 0. The molecule has 1 aliphatic rings. The monoisotopic (exact) mass is 235 g/mol. The minimum Gasteiger partial charge on any atom is -0.382 e. The van der Waals surface area contributed by atoms with Gasteiger partial charge in [0.1, 0.15) is 5.82 Å². The maximum Gasteiger partial charge on any atom is 0.145 e. The molecule has 0 spiro atoms. The molecule has 4 heteroatoms. The summed E-state index contributed by atoms with van der Waals surface area (Å²) in [5.74, 6) is 1.33. The van der Waals surface area contributed by atoms with Crippen molar-refractivity contribution in [1.82, 2.24) is 10.2 Å². The van der Waals surface area contributed by atoms with Gasteiger partial charge in [0.25, 0.3) is 0 Å². The van der Waals surface area contributed by atoms with E-state index in [0.29, 0.717) is 5.82 Å². The molecule has 84 valence electrons. The molecule has 0 saturated heterocycles. The second-order valence-corrected chi connectivity index (χ2v) is 4.11. The Morgan fingerprint density at radius 3 is 2.69 bits per heavy atom. The highest BCUT2D eigenvalue weighted by atomic mass is 35.5. The number of anilines is 1. The Hall–Kier alpha value is -1.48. The average Bonchev–Trinajstić information content (AvgIpc) is 3.02. The van der Waals surface area contributed by atoms with Gasteiger partial charge in [0.2, 0.25) is 0 Å². The molecule has 1 saturated carbocycles. The second-order valence-electron chi connectivity index (χ2n) is 4.11. The Balaban J connectivity index is 0.000000963. The van der Waals surface area contributed by atoms with E-state index in [-0.39, 0.29) is 12.4 Å². The molecule has 0 atom stereocenters. The van der Waals surface area contributed by atoms with E-state index in [4.69, 9.17) is 5.73 Å². The number of nitrogen functional groups attached to an aromatic ring is 1. The Morgan fingerprint density at radius 1 is 1.25 bits per heavy atom. The van der Waals surface area contributed by atoms with Gasteiger partial charge in [-0.25, -0.2) is 0 Å². The largest absolute Gasteiger partial charge is 0.382 e. The van der Waals surface area contributed by atoms with E-state index in [2.05, 4.69) is 34.5 Å². The fraction of sp³-hybridized carbons (Fsp3) is 0.250. The minimum atomic E-state index is 0. The van der Waals surface area contributed by atoms with E-state index in [1.54, 1.807) is 0 Å². The Morgan fingerprint density at radius 2 is 2.06 bits per heavy atom. The molecule has 1 aromatic carbocycles. The predicted molar refractivity (Wildman–Crippen MR) is 67.7 cm³/mol. The number of aromatic nitrogens is 2. The van der Waals surface area contributed by atoms with Crippen LogP contribution in [0, 0.1) is 0 Å². The van der Waals surface area contributed by atoms with Crippen molar-refractivity contribution in [3.8, 4) is 11.3 Å². The van der Waals surface area contributed by atoms with Gasteiger partial charge in [-0.1, -0.05) is 18.2 Å². The molecule has 3 N–H and O–H groups in total. The van der Waals surface area contributed by atoms with Crippen LogP contribution in [0.4, 0.5) is 5.82 Å². The van der Waals surface area contributed by atoms with Gasteiger partial charge in [-0.2, -0.15) is 5.10 Å². The summed E-state index contributed by atoms with van der Waals surface area (Å²) in [6.07, 6.45) is 2.66. The molecular weight excluding hydrogens is 222 g/mol. The van der Waals surface area contributed by atoms with Gasteiger partial charge >= 0.3 is 0 Å². The van der Waals surface area contributed by atoms with E-state index < -0.39 is 0 Å². The number of rotatable bonds is 2. The summed E-state index contributed by atoms with van der Waals surface area (Å²) in [5.41, 5.74) is 9.18. The van der Waals surface area contributed by atoms with Crippen LogP contribution < -0.4 is 5.73 Å². The minimum absolute atomic E-state index is 0. The molecular formula is C12H14ClN3. The number of nitrogens with two attached hydrogens (primary N) is 1. The highest BCUT2D eigenvalue weighted by Gasteiger charge is 2.23. The van der Waals surface area contributed by atoms with Crippen LogP contribution in [0.1, 0.15) is 24.3 Å². The number of halogens is 1. The second kappa shape index (κ2) is 4.18. The number of aromatic amines is 1. The Labute approximate surface area is 100 Å². The van der Waals surface area contributed by atoms with Crippen molar-refractivity contribution in [2.45, 2.75) is 18.8 Å². The number of benzene rings is 1. The van der Waals surface area contributed by atoms with Crippen LogP contribution >= 0.6 is 12.4 Å². The Bertz CT molecular complexity index is 489. The highest BCUT2D eigenvalue weighted by molar-refractivity contribution is 5.85. The van der Waals surface area contributed by atoms with Crippen LogP contribution in [0.5, 0.6) is 0 Å². The van der Waals surface area contributed by atoms with Crippen molar-refractivity contribution < 1.29 is 0 Å². The molecule has 0 amide bonds. The van der Waals surface area contributed by atoms with Crippen LogP contribution in [0.25, 0.3) is 11.3 Å². The highest BCUT2D eigenvalue weighted by Crippen LogP contribution is 2.40. The van der Waals surface area contributed by atoms with Gasteiger partial charge in [-0.3, -0.25) is 5.10 Å². The lowest BCUT2D eigenvalue weighted by atomic mass is 10.1. The normalized spacial score (nSPS) is 14.5. The maximum absolute atomic E-state index is 5.58. The van der Waals surface area contributed by atoms with E-state index in [9.17, 15) is 0 Å². The number of H-pyrrole nitrogens is 1. The third kappa shape index (κ3) is 2.04. The smallest absolute Gasteiger partial charge is 0.145 e. The summed E-state index contributed by atoms with van der Waals surface area (Å²) in [4.78, 5) is 0. The van der Waals surface area contributed by atoms with Crippen molar-refractivity contribution in [3.63, 3.8) is 0 Å². The molecule has 1 aromatic heterocycles. The van der Waals surface area contributed by atoms with Crippen LogP contribution in [-0.2, 0) is 0 Å². The fourth-order valence-corrected chi connectivity index (χ4v) is 1.86. The van der Waals surface area contributed by atoms with Crippen molar-refractivity contribution in [2.75, 3.05) is 5.73 Å². The first kappa shape index (κ1) is 11.0. The van der Waals surface area contributed by atoms with Gasteiger partial charge in [-0.15, -0.1) is 12.4 Å². The molecule has 1 heterocycles. The number of hydrogen-bond donors (Lipinski definition) is 2. The van der Waals surface area contributed by atoms with E-state index in [1.807, 2.05) is 6.07 Å². The molecule has 1 aliphatic carbocycles. The average molecular weight is 236 g/mol. The first-order chi connectivity index (χ1) is 7.33. The first-order valence-corrected chi connectivity index (χ1v) is 5.24. The predicted octanol–water partition coefficient (Wildman–Crippen LogP) is 2.96. The van der Waals surface area contributed by atoms with E-state index >= 15 is 0 Å². The van der Waals surface area contributed by atoms with Crippen molar-refractivity contribution in [3.05, 3.63) is 35.9 Å².